The van der Waals surface area contributed by atoms with Crippen LogP contribution in [0.5, 0.6) is 0 Å². The van der Waals surface area contributed by atoms with E-state index in [0.717, 1.165) is 0 Å². The number of aliphatic hydroxyl groups is 1. The molecule has 1 aromatic carbocycles. The van der Waals surface area contributed by atoms with Gasteiger partial charge in [0.25, 0.3) is 5.91 Å². The van der Waals surface area contributed by atoms with Crippen LogP contribution in [0.2, 0.25) is 10.0 Å². The van der Waals surface area contributed by atoms with E-state index in [-0.39, 0.29) is 12.5 Å². The van der Waals surface area contributed by atoms with Crippen LogP contribution in [-0.4, -0.2) is 37.4 Å². The Morgan fingerprint density at radius 1 is 1.44 bits per heavy atom. The van der Waals surface area contributed by atoms with Crippen molar-refractivity contribution in [3.8, 4) is 0 Å². The van der Waals surface area contributed by atoms with Gasteiger partial charge in [-0.25, -0.2) is 0 Å². The minimum absolute atomic E-state index is 0.252. The summed E-state index contributed by atoms with van der Waals surface area (Å²) < 4.78 is 4.78. The molecular formula is C12H15Cl2NO3. The van der Waals surface area contributed by atoms with Crippen molar-refractivity contribution in [3.05, 3.63) is 33.8 Å². The molecular weight excluding hydrogens is 277 g/mol. The summed E-state index contributed by atoms with van der Waals surface area (Å²) in [7, 11) is 1.51. The van der Waals surface area contributed by atoms with Gasteiger partial charge in [0.2, 0.25) is 0 Å². The van der Waals surface area contributed by atoms with Gasteiger partial charge in [0.05, 0.1) is 22.8 Å². The number of hydrogen-bond donors (Lipinski definition) is 2. The summed E-state index contributed by atoms with van der Waals surface area (Å²) in [6.07, 6.45) is -0.148. The number of hydrogen-bond acceptors (Lipinski definition) is 3. The van der Waals surface area contributed by atoms with Gasteiger partial charge >= 0.3 is 0 Å². The molecule has 1 amide bonds. The average molecular weight is 292 g/mol. The second kappa shape index (κ2) is 7.59. The van der Waals surface area contributed by atoms with Gasteiger partial charge in [0.15, 0.2) is 0 Å². The van der Waals surface area contributed by atoms with Gasteiger partial charge in [-0.15, -0.1) is 0 Å². The molecule has 0 aliphatic heterocycles. The molecule has 4 nitrogen and oxygen atoms in total. The van der Waals surface area contributed by atoms with Crippen LogP contribution in [-0.2, 0) is 4.74 Å². The van der Waals surface area contributed by atoms with Crippen LogP contribution in [0.4, 0.5) is 0 Å². The highest BCUT2D eigenvalue weighted by molar-refractivity contribution is 6.42. The van der Waals surface area contributed by atoms with Gasteiger partial charge in [0, 0.05) is 19.2 Å². The van der Waals surface area contributed by atoms with Gasteiger partial charge < -0.3 is 15.2 Å². The van der Waals surface area contributed by atoms with E-state index in [9.17, 15) is 9.90 Å². The van der Waals surface area contributed by atoms with Crippen LogP contribution in [0.25, 0.3) is 0 Å². The summed E-state index contributed by atoms with van der Waals surface area (Å²) in [4.78, 5) is 11.7. The molecule has 0 heterocycles. The molecule has 0 radical (unpaired) electrons. The Hall–Kier alpha value is -0.810. The lowest BCUT2D eigenvalue weighted by molar-refractivity contribution is 0.0587. The number of nitrogens with one attached hydrogen (secondary N) is 1. The summed E-state index contributed by atoms with van der Waals surface area (Å²) in [6.45, 7) is 0.617. The maximum Gasteiger partial charge on any atom is 0.251 e. The molecule has 18 heavy (non-hydrogen) atoms. The number of methoxy groups -OCH3 is 1. The number of carbonyl (C=O) groups is 1. The summed E-state index contributed by atoms with van der Waals surface area (Å²) in [5, 5.41) is 12.8. The van der Waals surface area contributed by atoms with E-state index in [1.165, 1.54) is 13.2 Å². The van der Waals surface area contributed by atoms with Gasteiger partial charge in [-0.3, -0.25) is 4.79 Å². The Morgan fingerprint density at radius 3 is 2.78 bits per heavy atom. The summed E-state index contributed by atoms with van der Waals surface area (Å²) in [6, 6.07) is 4.67. The lowest BCUT2D eigenvalue weighted by atomic mass is 10.2. The van der Waals surface area contributed by atoms with Crippen molar-refractivity contribution in [1.29, 1.82) is 0 Å². The molecule has 0 saturated carbocycles. The molecule has 0 aliphatic rings. The topological polar surface area (TPSA) is 58.6 Å². The number of rotatable bonds is 6. The van der Waals surface area contributed by atoms with E-state index in [1.807, 2.05) is 0 Å². The monoisotopic (exact) mass is 291 g/mol. The number of halogens is 2. The molecule has 0 aliphatic carbocycles. The van der Waals surface area contributed by atoms with Crippen molar-refractivity contribution in [2.24, 2.45) is 0 Å². The summed E-state index contributed by atoms with van der Waals surface area (Å²) in [5.41, 5.74) is 0.436. The third kappa shape index (κ3) is 4.82. The highest BCUT2D eigenvalue weighted by Crippen LogP contribution is 2.22. The molecule has 1 rings (SSSR count). The Kier molecular flexibility index (Phi) is 6.43. The fourth-order valence-electron chi connectivity index (χ4n) is 1.37. The zero-order valence-corrected chi connectivity index (χ0v) is 11.5. The molecule has 1 atom stereocenters. The highest BCUT2D eigenvalue weighted by Gasteiger charge is 2.09. The number of carbonyl (C=O) groups excluding carboxylic acids is 1. The number of amides is 1. The first kappa shape index (κ1) is 15.2. The van der Waals surface area contributed by atoms with Gasteiger partial charge in [-0.05, 0) is 24.6 Å². The third-order valence-corrected chi connectivity index (χ3v) is 3.04. The van der Waals surface area contributed by atoms with Gasteiger partial charge in [-0.1, -0.05) is 23.2 Å². The van der Waals surface area contributed by atoms with Crippen LogP contribution >= 0.6 is 23.2 Å². The Bertz CT molecular complexity index is 412. The maximum absolute atomic E-state index is 11.7. The lowest BCUT2D eigenvalue weighted by Gasteiger charge is -2.10. The number of ether oxygens (including phenoxy) is 1. The van der Waals surface area contributed by atoms with E-state index in [0.29, 0.717) is 28.6 Å². The van der Waals surface area contributed by atoms with Crippen molar-refractivity contribution in [2.45, 2.75) is 12.5 Å². The molecule has 0 fully saturated rings. The first-order valence-corrected chi connectivity index (χ1v) is 6.20. The van der Waals surface area contributed by atoms with Crippen LogP contribution < -0.4 is 5.32 Å². The Labute approximate surface area is 116 Å². The number of aliphatic hydroxyl groups excluding tert-OH is 1. The zero-order valence-electron chi connectivity index (χ0n) is 9.95. The minimum Gasteiger partial charge on any atom is -0.391 e. The fraction of sp³-hybridized carbons (Fsp3) is 0.417. The predicted molar refractivity (Wildman–Crippen MR) is 71.3 cm³/mol. The first-order chi connectivity index (χ1) is 8.54. The van der Waals surface area contributed by atoms with Crippen LogP contribution in [0.3, 0.4) is 0 Å². The zero-order chi connectivity index (χ0) is 13.5. The normalized spacial score (nSPS) is 12.2. The predicted octanol–water partition coefficient (Wildman–Crippen LogP) is 2.12. The van der Waals surface area contributed by atoms with Crippen molar-refractivity contribution < 1.29 is 14.6 Å². The van der Waals surface area contributed by atoms with E-state index >= 15 is 0 Å². The van der Waals surface area contributed by atoms with E-state index in [1.54, 1.807) is 12.1 Å². The minimum atomic E-state index is -0.580. The standard InChI is InChI=1S/C12H15Cl2NO3/c1-18-7-9(16)4-5-15-12(17)8-2-3-10(13)11(14)6-8/h2-3,6,9,16H,4-5,7H2,1H3,(H,15,17). The van der Waals surface area contributed by atoms with E-state index in [4.69, 9.17) is 27.9 Å². The molecule has 6 heteroatoms. The van der Waals surface area contributed by atoms with E-state index in [2.05, 4.69) is 5.32 Å². The van der Waals surface area contributed by atoms with Gasteiger partial charge in [-0.2, -0.15) is 0 Å². The molecule has 1 unspecified atom stereocenters. The Balaban J connectivity index is 2.43. The average Bonchev–Trinajstić information content (AvgIpc) is 2.33. The van der Waals surface area contributed by atoms with Crippen molar-refractivity contribution in [2.75, 3.05) is 20.3 Å². The van der Waals surface area contributed by atoms with Crippen molar-refractivity contribution in [1.82, 2.24) is 5.32 Å². The molecule has 0 saturated heterocycles. The summed E-state index contributed by atoms with van der Waals surface area (Å²) in [5.74, 6) is -0.252. The van der Waals surface area contributed by atoms with Crippen LogP contribution in [0.15, 0.2) is 18.2 Å². The quantitative estimate of drug-likeness (QED) is 0.844. The van der Waals surface area contributed by atoms with Crippen LogP contribution in [0.1, 0.15) is 16.8 Å². The van der Waals surface area contributed by atoms with Crippen molar-refractivity contribution >= 4 is 29.1 Å². The SMILES string of the molecule is COCC(O)CCNC(=O)c1ccc(Cl)c(Cl)c1. The second-order valence-electron chi connectivity index (χ2n) is 3.78. The highest BCUT2D eigenvalue weighted by atomic mass is 35.5. The van der Waals surface area contributed by atoms with E-state index < -0.39 is 6.10 Å². The number of benzene rings is 1. The van der Waals surface area contributed by atoms with Crippen molar-refractivity contribution in [3.63, 3.8) is 0 Å². The molecule has 0 aromatic heterocycles. The lowest BCUT2D eigenvalue weighted by Crippen LogP contribution is -2.28. The second-order valence-corrected chi connectivity index (χ2v) is 4.60. The molecule has 0 bridgehead atoms. The molecule has 1 aromatic rings. The maximum atomic E-state index is 11.7. The smallest absolute Gasteiger partial charge is 0.251 e. The summed E-state index contributed by atoms with van der Waals surface area (Å²) >= 11 is 11.6. The largest absolute Gasteiger partial charge is 0.391 e. The Morgan fingerprint density at radius 2 is 2.17 bits per heavy atom. The van der Waals surface area contributed by atoms with Crippen LogP contribution in [0, 0.1) is 0 Å². The van der Waals surface area contributed by atoms with Gasteiger partial charge in [0.1, 0.15) is 0 Å². The third-order valence-electron chi connectivity index (χ3n) is 2.30. The molecule has 0 spiro atoms. The fourth-order valence-corrected chi connectivity index (χ4v) is 1.67. The molecule has 2 N–H and O–H groups in total. The first-order valence-electron chi connectivity index (χ1n) is 5.45. The molecule has 100 valence electrons.